The first-order valence-corrected chi connectivity index (χ1v) is 6.64. The standard InChI is InChI=1S/C16H15F2NO4/c1-21-12-7-4-8-13(16(12)22-2)23-9-14(20)19-15-10(17)5-3-6-11(15)18/h3-8H,9H2,1-2H3,(H,19,20). The Balaban J connectivity index is 2.05. The largest absolute Gasteiger partial charge is 0.493 e. The second-order valence-corrected chi connectivity index (χ2v) is 4.43. The second kappa shape index (κ2) is 7.44. The van der Waals surface area contributed by atoms with Gasteiger partial charge in [-0.05, 0) is 24.3 Å². The van der Waals surface area contributed by atoms with Gasteiger partial charge in [-0.3, -0.25) is 4.79 Å². The van der Waals surface area contributed by atoms with Gasteiger partial charge in [0.1, 0.15) is 17.3 Å². The van der Waals surface area contributed by atoms with Crippen LogP contribution >= 0.6 is 0 Å². The number of methoxy groups -OCH3 is 2. The Hall–Kier alpha value is -2.83. The lowest BCUT2D eigenvalue weighted by atomic mass is 10.3. The predicted octanol–water partition coefficient (Wildman–Crippen LogP) is 3.00. The lowest BCUT2D eigenvalue weighted by Gasteiger charge is -2.13. The average Bonchev–Trinajstić information content (AvgIpc) is 2.55. The van der Waals surface area contributed by atoms with Gasteiger partial charge in [-0.1, -0.05) is 12.1 Å². The summed E-state index contributed by atoms with van der Waals surface area (Å²) in [6, 6.07) is 8.21. The second-order valence-electron chi connectivity index (χ2n) is 4.43. The zero-order valence-corrected chi connectivity index (χ0v) is 12.6. The van der Waals surface area contributed by atoms with Crippen LogP contribution in [0.5, 0.6) is 17.2 Å². The van der Waals surface area contributed by atoms with E-state index in [1.165, 1.54) is 20.3 Å². The number of para-hydroxylation sites is 2. The molecule has 0 bridgehead atoms. The first-order valence-electron chi connectivity index (χ1n) is 6.64. The molecule has 0 heterocycles. The summed E-state index contributed by atoms with van der Waals surface area (Å²) in [6.07, 6.45) is 0. The van der Waals surface area contributed by atoms with Gasteiger partial charge in [-0.2, -0.15) is 0 Å². The van der Waals surface area contributed by atoms with E-state index < -0.39 is 29.8 Å². The topological polar surface area (TPSA) is 56.8 Å². The van der Waals surface area contributed by atoms with E-state index in [4.69, 9.17) is 14.2 Å². The first kappa shape index (κ1) is 16.5. The third-order valence-corrected chi connectivity index (χ3v) is 2.95. The number of amides is 1. The maximum atomic E-state index is 13.5. The summed E-state index contributed by atoms with van der Waals surface area (Å²) in [5.74, 6) is -1.41. The van der Waals surface area contributed by atoms with Gasteiger partial charge >= 0.3 is 0 Å². The molecular formula is C16H15F2NO4. The number of carbonyl (C=O) groups excluding carboxylic acids is 1. The zero-order valence-electron chi connectivity index (χ0n) is 12.6. The van der Waals surface area contributed by atoms with Crippen LogP contribution in [0.1, 0.15) is 0 Å². The van der Waals surface area contributed by atoms with E-state index in [2.05, 4.69) is 5.32 Å². The van der Waals surface area contributed by atoms with Crippen LogP contribution < -0.4 is 19.5 Å². The number of halogens is 2. The van der Waals surface area contributed by atoms with Crippen LogP contribution in [0.2, 0.25) is 0 Å². The molecule has 0 aliphatic rings. The summed E-state index contributed by atoms with van der Waals surface area (Å²) in [4.78, 5) is 11.8. The fraction of sp³-hybridized carbons (Fsp3) is 0.188. The summed E-state index contributed by atoms with van der Waals surface area (Å²) in [6.45, 7) is -0.447. The maximum absolute atomic E-state index is 13.5. The molecular weight excluding hydrogens is 308 g/mol. The van der Waals surface area contributed by atoms with E-state index in [0.29, 0.717) is 11.5 Å². The number of ether oxygens (including phenoxy) is 3. The molecule has 1 amide bonds. The van der Waals surface area contributed by atoms with Crippen molar-refractivity contribution in [2.75, 3.05) is 26.1 Å². The van der Waals surface area contributed by atoms with E-state index in [9.17, 15) is 13.6 Å². The molecule has 5 nitrogen and oxygen atoms in total. The van der Waals surface area contributed by atoms with Gasteiger partial charge in [0, 0.05) is 0 Å². The van der Waals surface area contributed by atoms with Crippen molar-refractivity contribution in [1.82, 2.24) is 0 Å². The van der Waals surface area contributed by atoms with Crippen molar-refractivity contribution in [3.05, 3.63) is 48.0 Å². The Morgan fingerprint density at radius 3 is 2.22 bits per heavy atom. The van der Waals surface area contributed by atoms with E-state index in [0.717, 1.165) is 12.1 Å². The summed E-state index contributed by atoms with van der Waals surface area (Å²) < 4.78 is 42.5. The highest BCUT2D eigenvalue weighted by Crippen LogP contribution is 2.36. The van der Waals surface area contributed by atoms with Gasteiger partial charge in [0.05, 0.1) is 14.2 Å². The Morgan fingerprint density at radius 2 is 1.61 bits per heavy atom. The SMILES string of the molecule is COc1cccc(OCC(=O)Nc2c(F)cccc2F)c1OC. The highest BCUT2D eigenvalue weighted by molar-refractivity contribution is 5.92. The first-order chi connectivity index (χ1) is 11.1. The fourth-order valence-electron chi connectivity index (χ4n) is 1.91. The van der Waals surface area contributed by atoms with E-state index >= 15 is 0 Å². The van der Waals surface area contributed by atoms with Crippen LogP contribution in [0.4, 0.5) is 14.5 Å². The van der Waals surface area contributed by atoms with Crippen molar-refractivity contribution in [2.45, 2.75) is 0 Å². The molecule has 0 aromatic heterocycles. The molecule has 0 fully saturated rings. The molecule has 23 heavy (non-hydrogen) atoms. The minimum Gasteiger partial charge on any atom is -0.493 e. The summed E-state index contributed by atoms with van der Waals surface area (Å²) >= 11 is 0. The number of hydrogen-bond acceptors (Lipinski definition) is 4. The molecule has 7 heteroatoms. The van der Waals surface area contributed by atoms with Crippen LogP contribution in [0.25, 0.3) is 0 Å². The van der Waals surface area contributed by atoms with E-state index in [1.807, 2.05) is 0 Å². The number of carbonyl (C=O) groups is 1. The Labute approximate surface area is 131 Å². The fourth-order valence-corrected chi connectivity index (χ4v) is 1.91. The van der Waals surface area contributed by atoms with Gasteiger partial charge in [0.2, 0.25) is 5.75 Å². The number of hydrogen-bond donors (Lipinski definition) is 1. The smallest absolute Gasteiger partial charge is 0.262 e. The molecule has 0 saturated heterocycles. The third-order valence-electron chi connectivity index (χ3n) is 2.95. The molecule has 0 atom stereocenters. The van der Waals surface area contributed by atoms with E-state index in [-0.39, 0.29) is 5.75 Å². The van der Waals surface area contributed by atoms with Crippen LogP contribution in [0.15, 0.2) is 36.4 Å². The highest BCUT2D eigenvalue weighted by atomic mass is 19.1. The normalized spacial score (nSPS) is 10.1. The molecule has 0 radical (unpaired) electrons. The molecule has 0 aliphatic carbocycles. The maximum Gasteiger partial charge on any atom is 0.262 e. The molecule has 0 saturated carbocycles. The van der Waals surface area contributed by atoms with Gasteiger partial charge in [0.25, 0.3) is 5.91 Å². The summed E-state index contributed by atoms with van der Waals surface area (Å²) in [7, 11) is 2.90. The molecule has 2 aromatic carbocycles. The van der Waals surface area contributed by atoms with Crippen molar-refractivity contribution in [3.8, 4) is 17.2 Å². The van der Waals surface area contributed by atoms with Crippen LogP contribution in [0, 0.1) is 11.6 Å². The van der Waals surface area contributed by atoms with Crippen LogP contribution in [-0.2, 0) is 4.79 Å². The third kappa shape index (κ3) is 3.88. The van der Waals surface area contributed by atoms with Crippen molar-refractivity contribution >= 4 is 11.6 Å². The van der Waals surface area contributed by atoms with Gasteiger partial charge in [0.15, 0.2) is 18.1 Å². The Kier molecular flexibility index (Phi) is 5.35. The van der Waals surface area contributed by atoms with E-state index in [1.54, 1.807) is 18.2 Å². The van der Waals surface area contributed by atoms with Gasteiger partial charge < -0.3 is 19.5 Å². The molecule has 2 aromatic rings. The minimum absolute atomic E-state index is 0.274. The lowest BCUT2D eigenvalue weighted by Crippen LogP contribution is -2.21. The number of rotatable bonds is 6. The van der Waals surface area contributed by atoms with Crippen molar-refractivity contribution in [1.29, 1.82) is 0 Å². The molecule has 2 rings (SSSR count). The highest BCUT2D eigenvalue weighted by Gasteiger charge is 2.15. The van der Waals surface area contributed by atoms with Crippen LogP contribution in [0.3, 0.4) is 0 Å². The minimum atomic E-state index is -0.864. The molecule has 0 spiro atoms. The number of nitrogens with one attached hydrogen (secondary N) is 1. The Morgan fingerprint density at radius 1 is 1.00 bits per heavy atom. The quantitative estimate of drug-likeness (QED) is 0.888. The molecule has 0 aliphatic heterocycles. The lowest BCUT2D eigenvalue weighted by molar-refractivity contribution is -0.118. The van der Waals surface area contributed by atoms with Gasteiger partial charge in [-0.25, -0.2) is 8.78 Å². The zero-order chi connectivity index (χ0) is 16.8. The van der Waals surface area contributed by atoms with Crippen molar-refractivity contribution in [2.24, 2.45) is 0 Å². The van der Waals surface area contributed by atoms with Crippen molar-refractivity contribution < 1.29 is 27.8 Å². The predicted molar refractivity (Wildman–Crippen MR) is 80.0 cm³/mol. The van der Waals surface area contributed by atoms with Crippen molar-refractivity contribution in [3.63, 3.8) is 0 Å². The number of anilines is 1. The molecule has 0 unspecified atom stereocenters. The molecule has 122 valence electrons. The summed E-state index contributed by atoms with van der Waals surface area (Å²) in [5, 5.41) is 2.13. The summed E-state index contributed by atoms with van der Waals surface area (Å²) in [5.41, 5.74) is -0.515. The van der Waals surface area contributed by atoms with Crippen LogP contribution in [-0.4, -0.2) is 26.7 Å². The number of benzene rings is 2. The Bertz CT molecular complexity index is 686. The monoisotopic (exact) mass is 323 g/mol. The average molecular weight is 323 g/mol. The van der Waals surface area contributed by atoms with Gasteiger partial charge in [-0.15, -0.1) is 0 Å². The molecule has 1 N–H and O–H groups in total.